The van der Waals surface area contributed by atoms with Gasteiger partial charge in [0.2, 0.25) is 15.9 Å². The molecular formula is C21H26N2O4S. The first-order valence-corrected chi connectivity index (χ1v) is 10.6. The lowest BCUT2D eigenvalue weighted by Gasteiger charge is -2.13. The summed E-state index contributed by atoms with van der Waals surface area (Å²) in [4.78, 5) is 12.0. The Bertz CT molecular complexity index is 878. The number of sulfonamides is 1. The molecule has 0 heterocycles. The lowest BCUT2D eigenvalue weighted by Crippen LogP contribution is -2.23. The van der Waals surface area contributed by atoms with Crippen LogP contribution in [0.15, 0.2) is 65.6 Å². The average Bonchev–Trinajstić information content (AvgIpc) is 2.72. The molecule has 1 amide bonds. The predicted molar refractivity (Wildman–Crippen MR) is 110 cm³/mol. The zero-order valence-corrected chi connectivity index (χ0v) is 16.9. The van der Waals surface area contributed by atoms with E-state index in [-0.39, 0.29) is 16.9 Å². The Kier molecular flexibility index (Phi) is 8.38. The SMILES string of the molecule is CNS(=O)(=O)c1ccc(/C=C/C(=O)NCCCOC(C)c2ccccc2)cc1. The van der Waals surface area contributed by atoms with Gasteiger partial charge in [-0.2, -0.15) is 0 Å². The van der Waals surface area contributed by atoms with Crippen molar-refractivity contribution < 1.29 is 17.9 Å². The van der Waals surface area contributed by atoms with Crippen molar-refractivity contribution in [2.75, 3.05) is 20.2 Å². The maximum absolute atomic E-state index is 11.9. The molecule has 2 aromatic rings. The van der Waals surface area contributed by atoms with Gasteiger partial charge in [0.1, 0.15) is 0 Å². The van der Waals surface area contributed by atoms with Gasteiger partial charge in [-0.15, -0.1) is 0 Å². The summed E-state index contributed by atoms with van der Waals surface area (Å²) in [6.07, 6.45) is 3.80. The van der Waals surface area contributed by atoms with Gasteiger partial charge in [-0.05, 0) is 49.7 Å². The molecule has 0 saturated carbocycles. The molecule has 6 nitrogen and oxygen atoms in total. The number of carbonyl (C=O) groups is 1. The van der Waals surface area contributed by atoms with E-state index in [0.717, 1.165) is 11.1 Å². The van der Waals surface area contributed by atoms with E-state index in [4.69, 9.17) is 4.74 Å². The van der Waals surface area contributed by atoms with E-state index in [1.807, 2.05) is 37.3 Å². The second-order valence-corrected chi connectivity index (χ2v) is 8.06. The molecular weight excluding hydrogens is 376 g/mol. The monoisotopic (exact) mass is 402 g/mol. The Balaban J connectivity index is 1.69. The van der Waals surface area contributed by atoms with Gasteiger partial charge in [0.15, 0.2) is 0 Å². The van der Waals surface area contributed by atoms with Gasteiger partial charge in [-0.3, -0.25) is 4.79 Å². The van der Waals surface area contributed by atoms with E-state index in [1.165, 1.54) is 25.3 Å². The molecule has 0 saturated heterocycles. The van der Waals surface area contributed by atoms with Crippen molar-refractivity contribution in [2.45, 2.75) is 24.3 Å². The molecule has 1 atom stereocenters. The molecule has 0 aromatic heterocycles. The van der Waals surface area contributed by atoms with Gasteiger partial charge in [0.05, 0.1) is 11.0 Å². The average molecular weight is 403 g/mol. The lowest BCUT2D eigenvalue weighted by molar-refractivity contribution is -0.116. The van der Waals surface area contributed by atoms with Gasteiger partial charge < -0.3 is 10.1 Å². The Morgan fingerprint density at radius 2 is 1.79 bits per heavy atom. The fourth-order valence-electron chi connectivity index (χ4n) is 2.47. The summed E-state index contributed by atoms with van der Waals surface area (Å²) in [5, 5.41) is 2.80. The van der Waals surface area contributed by atoms with E-state index in [2.05, 4.69) is 10.0 Å². The standard InChI is InChI=1S/C21H26N2O4S/c1-17(19-7-4-3-5-8-19)27-16-6-15-23-21(24)14-11-18-9-12-20(13-10-18)28(25,26)22-2/h3-5,7-14,17,22H,6,15-16H2,1-2H3,(H,23,24)/b14-11+. The second-order valence-electron chi connectivity index (χ2n) is 6.18. The third-order valence-corrected chi connectivity index (χ3v) is 5.57. The molecule has 2 aromatic carbocycles. The third-order valence-electron chi connectivity index (χ3n) is 4.14. The first kappa shape index (κ1) is 21.8. The summed E-state index contributed by atoms with van der Waals surface area (Å²) in [6.45, 7) is 3.08. The van der Waals surface area contributed by atoms with E-state index in [1.54, 1.807) is 18.2 Å². The fourth-order valence-corrected chi connectivity index (χ4v) is 3.20. The van der Waals surface area contributed by atoms with Crippen molar-refractivity contribution in [2.24, 2.45) is 0 Å². The molecule has 0 spiro atoms. The van der Waals surface area contributed by atoms with Crippen LogP contribution >= 0.6 is 0 Å². The van der Waals surface area contributed by atoms with Crippen LogP contribution in [0.2, 0.25) is 0 Å². The molecule has 0 aliphatic carbocycles. The zero-order chi connectivity index (χ0) is 20.4. The van der Waals surface area contributed by atoms with E-state index in [9.17, 15) is 13.2 Å². The van der Waals surface area contributed by atoms with Crippen LogP contribution in [-0.4, -0.2) is 34.5 Å². The van der Waals surface area contributed by atoms with Crippen LogP contribution in [0.25, 0.3) is 6.08 Å². The van der Waals surface area contributed by atoms with Crippen LogP contribution in [0.3, 0.4) is 0 Å². The molecule has 2 rings (SSSR count). The van der Waals surface area contributed by atoms with Crippen LogP contribution in [0, 0.1) is 0 Å². The molecule has 1 unspecified atom stereocenters. The molecule has 2 N–H and O–H groups in total. The smallest absolute Gasteiger partial charge is 0.244 e. The molecule has 0 aliphatic rings. The summed E-state index contributed by atoms with van der Waals surface area (Å²) in [6, 6.07) is 16.3. The Hall–Kier alpha value is -2.48. The molecule has 0 fully saturated rings. The van der Waals surface area contributed by atoms with Gasteiger partial charge in [-0.25, -0.2) is 13.1 Å². The van der Waals surface area contributed by atoms with Crippen LogP contribution in [0.4, 0.5) is 0 Å². The van der Waals surface area contributed by atoms with Gasteiger partial charge in [0, 0.05) is 19.2 Å². The Morgan fingerprint density at radius 3 is 2.43 bits per heavy atom. The molecule has 7 heteroatoms. The van der Waals surface area contributed by atoms with Crippen molar-refractivity contribution in [3.05, 3.63) is 71.8 Å². The first-order valence-electron chi connectivity index (χ1n) is 9.08. The summed E-state index contributed by atoms with van der Waals surface area (Å²) in [5.41, 5.74) is 1.87. The number of nitrogens with one attached hydrogen (secondary N) is 2. The predicted octanol–water partition coefficient (Wildman–Crippen LogP) is 2.89. The first-order chi connectivity index (χ1) is 13.4. The van der Waals surface area contributed by atoms with Crippen molar-refractivity contribution in [3.8, 4) is 0 Å². The van der Waals surface area contributed by atoms with Crippen molar-refractivity contribution in [3.63, 3.8) is 0 Å². The number of hydrogen-bond acceptors (Lipinski definition) is 4. The van der Waals surface area contributed by atoms with Gasteiger partial charge in [0.25, 0.3) is 0 Å². The highest BCUT2D eigenvalue weighted by molar-refractivity contribution is 7.89. The van der Waals surface area contributed by atoms with Crippen molar-refractivity contribution in [1.82, 2.24) is 10.0 Å². The number of ether oxygens (including phenoxy) is 1. The largest absolute Gasteiger partial charge is 0.374 e. The van der Waals surface area contributed by atoms with E-state index >= 15 is 0 Å². The normalized spacial score (nSPS) is 12.8. The topological polar surface area (TPSA) is 84.5 Å². The second kappa shape index (κ2) is 10.8. The summed E-state index contributed by atoms with van der Waals surface area (Å²) < 4.78 is 31.4. The molecule has 0 radical (unpaired) electrons. The number of amides is 1. The summed E-state index contributed by atoms with van der Waals surface area (Å²) >= 11 is 0. The van der Waals surface area contributed by atoms with Gasteiger partial charge in [-0.1, -0.05) is 42.5 Å². The van der Waals surface area contributed by atoms with Crippen LogP contribution in [0.1, 0.15) is 30.6 Å². The minimum absolute atomic E-state index is 0.0199. The Labute approximate surface area is 166 Å². The number of hydrogen-bond donors (Lipinski definition) is 2. The minimum Gasteiger partial charge on any atom is -0.374 e. The van der Waals surface area contributed by atoms with Crippen molar-refractivity contribution >= 4 is 22.0 Å². The van der Waals surface area contributed by atoms with Crippen LogP contribution in [0.5, 0.6) is 0 Å². The minimum atomic E-state index is -3.45. The molecule has 0 aliphatic heterocycles. The lowest BCUT2D eigenvalue weighted by atomic mass is 10.1. The fraction of sp³-hybridized carbons (Fsp3) is 0.286. The number of carbonyl (C=O) groups excluding carboxylic acids is 1. The molecule has 28 heavy (non-hydrogen) atoms. The Morgan fingerprint density at radius 1 is 1.11 bits per heavy atom. The number of rotatable bonds is 10. The maximum atomic E-state index is 11.9. The highest BCUT2D eigenvalue weighted by Crippen LogP contribution is 2.15. The third kappa shape index (κ3) is 6.92. The van der Waals surface area contributed by atoms with Crippen molar-refractivity contribution in [1.29, 1.82) is 0 Å². The highest BCUT2D eigenvalue weighted by Gasteiger charge is 2.09. The zero-order valence-electron chi connectivity index (χ0n) is 16.1. The van der Waals surface area contributed by atoms with E-state index in [0.29, 0.717) is 19.6 Å². The van der Waals surface area contributed by atoms with Gasteiger partial charge >= 0.3 is 0 Å². The number of benzene rings is 2. The quantitative estimate of drug-likeness (QED) is 0.473. The highest BCUT2D eigenvalue weighted by atomic mass is 32.2. The molecule has 0 bridgehead atoms. The van der Waals surface area contributed by atoms with Crippen LogP contribution in [-0.2, 0) is 19.6 Å². The molecule has 150 valence electrons. The maximum Gasteiger partial charge on any atom is 0.244 e. The summed E-state index contributed by atoms with van der Waals surface area (Å²) in [7, 11) is -2.09. The van der Waals surface area contributed by atoms with E-state index < -0.39 is 10.0 Å². The van der Waals surface area contributed by atoms with Crippen LogP contribution < -0.4 is 10.0 Å². The summed E-state index contributed by atoms with van der Waals surface area (Å²) in [5.74, 6) is -0.206.